The minimum Gasteiger partial charge on any atom is -0.381 e. The molecule has 5 heteroatoms. The predicted molar refractivity (Wildman–Crippen MR) is 116 cm³/mol. The molecule has 0 amide bonds. The summed E-state index contributed by atoms with van der Waals surface area (Å²) in [5.74, 6) is -0.296. The van der Waals surface area contributed by atoms with E-state index in [0.717, 1.165) is 15.4 Å². The van der Waals surface area contributed by atoms with Crippen molar-refractivity contribution in [3.63, 3.8) is 0 Å². The summed E-state index contributed by atoms with van der Waals surface area (Å²) in [6.45, 7) is 1.20. The first-order chi connectivity index (χ1) is 14.6. The Morgan fingerprint density at radius 3 is 2.27 bits per heavy atom. The summed E-state index contributed by atoms with van der Waals surface area (Å²) in [5.41, 5.74) is 1.62. The fourth-order valence-corrected chi connectivity index (χ4v) is 4.66. The Hall–Kier alpha value is -2.47. The van der Waals surface area contributed by atoms with E-state index in [-0.39, 0.29) is 11.6 Å². The standard InChI is InChI=1S/C25H23FO3S/c1-28-25(11-13-29-14-12-25)20-15-21(26)17-23(16-20)30-22-9-7-19(8-10-22)24(27)18-5-3-2-4-6-18/h2-10,15-17H,11-14H2,1H3. The molecule has 0 N–H and O–H groups in total. The van der Waals surface area contributed by atoms with Crippen LogP contribution in [0.4, 0.5) is 4.39 Å². The van der Waals surface area contributed by atoms with E-state index in [1.165, 1.54) is 17.8 Å². The zero-order valence-corrected chi connectivity index (χ0v) is 17.6. The summed E-state index contributed by atoms with van der Waals surface area (Å²) < 4.78 is 25.7. The number of carbonyl (C=O) groups is 1. The molecule has 1 fully saturated rings. The Bertz CT molecular complexity index is 1010. The van der Waals surface area contributed by atoms with Gasteiger partial charge in [-0.3, -0.25) is 4.79 Å². The lowest BCUT2D eigenvalue weighted by Gasteiger charge is -2.36. The summed E-state index contributed by atoms with van der Waals surface area (Å²) in [6, 6.07) is 21.7. The molecule has 0 atom stereocenters. The number of rotatable bonds is 6. The molecule has 4 rings (SSSR count). The molecule has 0 aliphatic carbocycles. The van der Waals surface area contributed by atoms with E-state index in [1.807, 2.05) is 48.5 Å². The topological polar surface area (TPSA) is 35.5 Å². The van der Waals surface area contributed by atoms with Gasteiger partial charge >= 0.3 is 0 Å². The third-order valence-corrected chi connectivity index (χ3v) is 6.46. The van der Waals surface area contributed by atoms with Gasteiger partial charge in [-0.2, -0.15) is 0 Å². The van der Waals surface area contributed by atoms with Crippen LogP contribution in [-0.2, 0) is 15.1 Å². The number of hydrogen-bond donors (Lipinski definition) is 0. The van der Waals surface area contributed by atoms with Crippen molar-refractivity contribution in [3.05, 3.63) is 95.3 Å². The molecule has 0 saturated carbocycles. The van der Waals surface area contributed by atoms with Crippen LogP contribution in [-0.4, -0.2) is 26.1 Å². The Balaban J connectivity index is 1.54. The largest absolute Gasteiger partial charge is 0.381 e. The maximum atomic E-state index is 14.4. The third kappa shape index (κ3) is 4.48. The maximum absolute atomic E-state index is 14.4. The molecule has 0 bridgehead atoms. The van der Waals surface area contributed by atoms with E-state index in [0.29, 0.717) is 37.2 Å². The minimum atomic E-state index is -0.512. The second-order valence-electron chi connectivity index (χ2n) is 7.31. The quantitative estimate of drug-likeness (QED) is 0.466. The highest BCUT2D eigenvalue weighted by Gasteiger charge is 2.35. The molecule has 30 heavy (non-hydrogen) atoms. The van der Waals surface area contributed by atoms with E-state index in [2.05, 4.69) is 0 Å². The minimum absolute atomic E-state index is 0.0123. The number of hydrogen-bond acceptors (Lipinski definition) is 4. The van der Waals surface area contributed by atoms with Crippen LogP contribution >= 0.6 is 11.8 Å². The number of halogens is 1. The zero-order chi connectivity index (χ0) is 21.0. The number of methoxy groups -OCH3 is 1. The van der Waals surface area contributed by atoms with Gasteiger partial charge in [0.05, 0.1) is 5.60 Å². The molecule has 3 aromatic rings. The Morgan fingerprint density at radius 2 is 1.60 bits per heavy atom. The number of ether oxygens (including phenoxy) is 2. The molecule has 1 aliphatic rings. The molecule has 3 nitrogen and oxygen atoms in total. The molecule has 1 aliphatic heterocycles. The van der Waals surface area contributed by atoms with Crippen LogP contribution in [0.1, 0.15) is 34.3 Å². The molecule has 1 saturated heterocycles. The molecule has 0 radical (unpaired) electrons. The fourth-order valence-electron chi connectivity index (χ4n) is 3.76. The van der Waals surface area contributed by atoms with E-state index >= 15 is 0 Å². The van der Waals surface area contributed by atoms with Gasteiger partial charge in [0.2, 0.25) is 0 Å². The summed E-state index contributed by atoms with van der Waals surface area (Å²) in [5, 5.41) is 0. The Morgan fingerprint density at radius 1 is 0.933 bits per heavy atom. The first kappa shape index (κ1) is 20.8. The van der Waals surface area contributed by atoms with Crippen molar-refractivity contribution in [1.82, 2.24) is 0 Å². The van der Waals surface area contributed by atoms with Crippen LogP contribution in [0.3, 0.4) is 0 Å². The van der Waals surface area contributed by atoms with Gasteiger partial charge in [-0.15, -0.1) is 0 Å². The van der Waals surface area contributed by atoms with Gasteiger partial charge in [0.15, 0.2) is 5.78 Å². The van der Waals surface area contributed by atoms with Crippen molar-refractivity contribution in [2.24, 2.45) is 0 Å². The summed E-state index contributed by atoms with van der Waals surface area (Å²) in [4.78, 5) is 14.3. The zero-order valence-electron chi connectivity index (χ0n) is 16.8. The molecule has 0 unspecified atom stereocenters. The smallest absolute Gasteiger partial charge is 0.193 e. The van der Waals surface area contributed by atoms with Gasteiger partial charge in [0.1, 0.15) is 5.82 Å². The van der Waals surface area contributed by atoms with E-state index < -0.39 is 5.60 Å². The first-order valence-electron chi connectivity index (χ1n) is 9.91. The number of carbonyl (C=O) groups excluding carboxylic acids is 1. The highest BCUT2D eigenvalue weighted by molar-refractivity contribution is 7.99. The monoisotopic (exact) mass is 422 g/mol. The van der Waals surface area contributed by atoms with Crippen molar-refractivity contribution in [2.45, 2.75) is 28.2 Å². The Labute approximate surface area is 180 Å². The van der Waals surface area contributed by atoms with Gasteiger partial charge in [-0.1, -0.05) is 42.1 Å². The van der Waals surface area contributed by atoms with E-state index in [4.69, 9.17) is 9.47 Å². The van der Waals surface area contributed by atoms with Gasteiger partial charge in [0.25, 0.3) is 0 Å². The van der Waals surface area contributed by atoms with Crippen LogP contribution < -0.4 is 0 Å². The average molecular weight is 423 g/mol. The summed E-state index contributed by atoms with van der Waals surface area (Å²) in [6.07, 6.45) is 1.40. The highest BCUT2D eigenvalue weighted by atomic mass is 32.2. The molecule has 0 aromatic heterocycles. The molecule has 1 heterocycles. The van der Waals surface area contributed by atoms with Crippen molar-refractivity contribution >= 4 is 17.5 Å². The van der Waals surface area contributed by atoms with E-state index in [9.17, 15) is 9.18 Å². The van der Waals surface area contributed by atoms with Crippen molar-refractivity contribution in [1.29, 1.82) is 0 Å². The number of benzene rings is 3. The van der Waals surface area contributed by atoms with Crippen LogP contribution in [0, 0.1) is 5.82 Å². The Kier molecular flexibility index (Phi) is 6.32. The van der Waals surface area contributed by atoms with Crippen molar-refractivity contribution < 1.29 is 18.7 Å². The predicted octanol–water partition coefficient (Wildman–Crippen LogP) is 5.86. The highest BCUT2D eigenvalue weighted by Crippen LogP contribution is 2.39. The lowest BCUT2D eigenvalue weighted by molar-refractivity contribution is -0.0950. The van der Waals surface area contributed by atoms with Crippen molar-refractivity contribution in [3.8, 4) is 0 Å². The second-order valence-corrected chi connectivity index (χ2v) is 8.45. The van der Waals surface area contributed by atoms with Crippen LogP contribution in [0.25, 0.3) is 0 Å². The van der Waals surface area contributed by atoms with Crippen LogP contribution in [0.2, 0.25) is 0 Å². The lowest BCUT2D eigenvalue weighted by Crippen LogP contribution is -2.35. The van der Waals surface area contributed by atoms with Gasteiger partial charge in [-0.05, 0) is 48.0 Å². The lowest BCUT2D eigenvalue weighted by atomic mass is 9.86. The number of ketones is 1. The normalized spacial score (nSPS) is 15.7. The average Bonchev–Trinajstić information content (AvgIpc) is 2.80. The van der Waals surface area contributed by atoms with Gasteiger partial charge in [0, 0.05) is 54.1 Å². The maximum Gasteiger partial charge on any atom is 0.193 e. The summed E-state index contributed by atoms with van der Waals surface area (Å²) in [7, 11) is 1.67. The summed E-state index contributed by atoms with van der Waals surface area (Å²) >= 11 is 1.47. The molecule has 0 spiro atoms. The van der Waals surface area contributed by atoms with Gasteiger partial charge < -0.3 is 9.47 Å². The SMILES string of the molecule is COC1(c2cc(F)cc(Sc3ccc(C(=O)c4ccccc4)cc3)c2)CCOCC1. The van der Waals surface area contributed by atoms with Gasteiger partial charge in [-0.25, -0.2) is 4.39 Å². The second kappa shape index (κ2) is 9.13. The molecular weight excluding hydrogens is 399 g/mol. The van der Waals surface area contributed by atoms with Crippen LogP contribution in [0.5, 0.6) is 0 Å². The molecular formula is C25H23FO3S. The van der Waals surface area contributed by atoms with Crippen molar-refractivity contribution in [2.75, 3.05) is 20.3 Å². The first-order valence-corrected chi connectivity index (χ1v) is 10.7. The fraction of sp³-hybridized carbons (Fsp3) is 0.240. The van der Waals surface area contributed by atoms with Crippen LogP contribution in [0.15, 0.2) is 82.6 Å². The third-order valence-electron chi connectivity index (χ3n) is 5.48. The molecule has 154 valence electrons. The molecule has 3 aromatic carbocycles. The van der Waals surface area contributed by atoms with E-state index in [1.54, 1.807) is 25.3 Å².